The molecule has 1 unspecified atom stereocenters. The molecule has 0 saturated heterocycles. The molecule has 0 radical (unpaired) electrons. The van der Waals surface area contributed by atoms with Crippen molar-refractivity contribution in [3.8, 4) is 0 Å². The Hall–Kier alpha value is -3.18. The molecule has 1 amide bonds. The van der Waals surface area contributed by atoms with Crippen molar-refractivity contribution < 1.29 is 35.3 Å². The number of alkyl halides is 1. The number of amides is 1. The third-order valence-corrected chi connectivity index (χ3v) is 7.60. The van der Waals surface area contributed by atoms with Gasteiger partial charge in [-0.05, 0) is 32.4 Å². The highest BCUT2D eigenvalue weighted by Crippen LogP contribution is 2.52. The number of anilines is 1. The van der Waals surface area contributed by atoms with E-state index < -0.39 is 68.0 Å². The molecule has 11 heteroatoms. The number of nitrogens with one attached hydrogen (secondary N) is 1. The summed E-state index contributed by atoms with van der Waals surface area (Å²) < 4.78 is 104. The average Bonchev–Trinajstić information content (AvgIpc) is 3.08. The van der Waals surface area contributed by atoms with Crippen molar-refractivity contribution in [1.29, 1.82) is 0 Å². The maximum atomic E-state index is 17.2. The summed E-state index contributed by atoms with van der Waals surface area (Å²) in [4.78, 5) is 14.7. The van der Waals surface area contributed by atoms with Gasteiger partial charge in [0.25, 0.3) is 5.91 Å². The molecule has 196 valence electrons. The predicted molar refractivity (Wildman–Crippen MR) is 127 cm³/mol. The summed E-state index contributed by atoms with van der Waals surface area (Å²) in [6, 6.07) is 11.4. The second-order valence-corrected chi connectivity index (χ2v) is 11.5. The number of carbonyl (C=O) groups excluding carboxylic acids is 1. The normalized spacial score (nSPS) is 19.2. The standard InChI is InChI=1S/C26H22F6N2O2S/c1-25(2,3)37(36)33-23(17-18(27)20(29)22(31)21(30)19(17)28)26(32)15-11-7-8-12-16(15)34(24(26)35)13-14-9-5-4-6-10-14/h4-12,23,33H,13H2,1-3H3/t23-,26-,37?/m0/s1. The highest BCUT2D eigenvalue weighted by Gasteiger charge is 2.59. The van der Waals surface area contributed by atoms with Crippen LogP contribution >= 0.6 is 0 Å². The van der Waals surface area contributed by atoms with Crippen molar-refractivity contribution in [2.45, 2.75) is 43.8 Å². The number of para-hydroxylation sites is 1. The van der Waals surface area contributed by atoms with E-state index >= 15 is 13.2 Å². The quantitative estimate of drug-likeness (QED) is 0.241. The van der Waals surface area contributed by atoms with Gasteiger partial charge in [0, 0.05) is 5.56 Å². The number of nitrogens with zero attached hydrogens (tertiary/aromatic N) is 1. The summed E-state index contributed by atoms with van der Waals surface area (Å²) >= 11 is 0. The number of hydrogen-bond acceptors (Lipinski definition) is 2. The van der Waals surface area contributed by atoms with Crippen molar-refractivity contribution in [3.63, 3.8) is 0 Å². The van der Waals surface area contributed by atoms with Crippen LogP contribution in [0.3, 0.4) is 0 Å². The molecule has 0 spiro atoms. The zero-order valence-electron chi connectivity index (χ0n) is 19.9. The molecule has 37 heavy (non-hydrogen) atoms. The molecule has 3 atom stereocenters. The highest BCUT2D eigenvalue weighted by molar-refractivity contribution is 7.84. The summed E-state index contributed by atoms with van der Waals surface area (Å²) in [5, 5.41) is 0. The lowest BCUT2D eigenvalue weighted by atomic mass is 9.85. The fourth-order valence-corrected chi connectivity index (χ4v) is 4.99. The van der Waals surface area contributed by atoms with Crippen LogP contribution in [0, 0.1) is 29.1 Å². The smallest absolute Gasteiger partial charge is 0.271 e. The summed E-state index contributed by atoms with van der Waals surface area (Å²) in [5.41, 5.74) is -4.75. The summed E-state index contributed by atoms with van der Waals surface area (Å²) in [5.74, 6) is -13.0. The lowest BCUT2D eigenvalue weighted by molar-refractivity contribution is -0.131. The Morgan fingerprint density at radius 1 is 0.865 bits per heavy atom. The van der Waals surface area contributed by atoms with Crippen LogP contribution in [0.4, 0.5) is 32.0 Å². The first-order valence-corrected chi connectivity index (χ1v) is 12.3. The minimum absolute atomic E-state index is 0.0380. The lowest BCUT2D eigenvalue weighted by Gasteiger charge is -2.33. The number of hydrogen-bond donors (Lipinski definition) is 1. The van der Waals surface area contributed by atoms with Gasteiger partial charge in [0.1, 0.15) is 0 Å². The summed E-state index contributed by atoms with van der Waals surface area (Å²) in [7, 11) is -2.30. The molecule has 1 aliphatic heterocycles. The molecule has 1 aliphatic rings. The molecule has 1 heterocycles. The van der Waals surface area contributed by atoms with Gasteiger partial charge >= 0.3 is 0 Å². The van der Waals surface area contributed by atoms with Gasteiger partial charge in [-0.2, -0.15) is 0 Å². The lowest BCUT2D eigenvalue weighted by Crippen LogP contribution is -2.49. The van der Waals surface area contributed by atoms with Crippen molar-refractivity contribution in [3.05, 3.63) is 100 Å². The van der Waals surface area contributed by atoms with Crippen molar-refractivity contribution in [2.75, 3.05) is 4.90 Å². The van der Waals surface area contributed by atoms with Gasteiger partial charge in [-0.15, -0.1) is 0 Å². The van der Waals surface area contributed by atoms with Gasteiger partial charge in [-0.1, -0.05) is 48.5 Å². The maximum Gasteiger partial charge on any atom is 0.271 e. The van der Waals surface area contributed by atoms with E-state index in [1.165, 1.54) is 45.0 Å². The van der Waals surface area contributed by atoms with Crippen molar-refractivity contribution in [2.24, 2.45) is 0 Å². The first kappa shape index (κ1) is 26.9. The van der Waals surface area contributed by atoms with Crippen LogP contribution < -0.4 is 9.62 Å². The van der Waals surface area contributed by atoms with Crippen molar-refractivity contribution in [1.82, 2.24) is 4.72 Å². The number of benzene rings is 3. The minimum atomic E-state index is -3.38. The van der Waals surface area contributed by atoms with E-state index in [1.54, 1.807) is 30.3 Å². The zero-order chi connectivity index (χ0) is 27.3. The molecule has 0 aromatic heterocycles. The molecule has 3 aromatic carbocycles. The third kappa shape index (κ3) is 4.44. The van der Waals surface area contributed by atoms with Crippen LogP contribution in [0.2, 0.25) is 0 Å². The third-order valence-electron chi connectivity index (χ3n) is 6.04. The largest absolute Gasteiger partial charge is 0.304 e. The summed E-state index contributed by atoms with van der Waals surface area (Å²) in [6.45, 7) is 4.20. The van der Waals surface area contributed by atoms with Crippen LogP contribution in [-0.2, 0) is 28.0 Å². The fourth-order valence-electron chi connectivity index (χ4n) is 4.14. The van der Waals surface area contributed by atoms with Gasteiger partial charge in [0.2, 0.25) is 11.5 Å². The molecule has 0 aliphatic carbocycles. The van der Waals surface area contributed by atoms with E-state index in [-0.39, 0.29) is 17.8 Å². The van der Waals surface area contributed by atoms with E-state index in [0.717, 1.165) is 4.90 Å². The number of halogens is 6. The van der Waals surface area contributed by atoms with E-state index in [1.807, 2.05) is 0 Å². The SMILES string of the molecule is CC(C)(C)S(=O)N[C@@H](c1c(F)c(F)c(F)c(F)c1F)[C@]1(F)C(=O)N(Cc2ccccc2)c2ccccc21. The van der Waals surface area contributed by atoms with Gasteiger partial charge in [-0.25, -0.2) is 35.3 Å². The number of rotatable bonds is 6. The molecular weight excluding hydrogens is 518 g/mol. The number of carbonyl (C=O) groups is 1. The van der Waals surface area contributed by atoms with Crippen LogP contribution in [0.15, 0.2) is 54.6 Å². The minimum Gasteiger partial charge on any atom is -0.304 e. The molecule has 0 bridgehead atoms. The fraction of sp³-hybridized carbons (Fsp3) is 0.269. The molecule has 0 saturated carbocycles. The molecule has 3 aromatic rings. The highest BCUT2D eigenvalue weighted by atomic mass is 32.2. The monoisotopic (exact) mass is 540 g/mol. The van der Waals surface area contributed by atoms with Gasteiger partial charge in [0.05, 0.1) is 39.6 Å². The zero-order valence-corrected chi connectivity index (χ0v) is 20.7. The topological polar surface area (TPSA) is 49.4 Å². The molecule has 4 nitrogen and oxygen atoms in total. The van der Waals surface area contributed by atoms with Crippen LogP contribution in [0.5, 0.6) is 0 Å². The second kappa shape index (κ2) is 9.60. The first-order chi connectivity index (χ1) is 17.3. The van der Waals surface area contributed by atoms with Crippen molar-refractivity contribution >= 4 is 22.6 Å². The Kier molecular flexibility index (Phi) is 6.98. The predicted octanol–water partition coefficient (Wildman–Crippen LogP) is 5.89. The summed E-state index contributed by atoms with van der Waals surface area (Å²) in [6.07, 6.45) is 0. The van der Waals surface area contributed by atoms with Crippen LogP contribution in [-0.4, -0.2) is 14.9 Å². The average molecular weight is 541 g/mol. The van der Waals surface area contributed by atoms with Crippen LogP contribution in [0.1, 0.15) is 43.5 Å². The Balaban J connectivity index is 1.97. The van der Waals surface area contributed by atoms with E-state index in [4.69, 9.17) is 0 Å². The molecular formula is C26H22F6N2O2S. The van der Waals surface area contributed by atoms with E-state index in [2.05, 4.69) is 4.72 Å². The first-order valence-electron chi connectivity index (χ1n) is 11.1. The molecule has 0 fully saturated rings. The van der Waals surface area contributed by atoms with E-state index in [9.17, 15) is 22.2 Å². The Morgan fingerprint density at radius 3 is 1.95 bits per heavy atom. The Bertz CT molecular complexity index is 1370. The Morgan fingerprint density at radius 2 is 1.38 bits per heavy atom. The van der Waals surface area contributed by atoms with Gasteiger partial charge in [-0.3, -0.25) is 4.79 Å². The van der Waals surface area contributed by atoms with E-state index in [0.29, 0.717) is 5.56 Å². The Labute approximate surface area is 211 Å². The van der Waals surface area contributed by atoms with Crippen LogP contribution in [0.25, 0.3) is 0 Å². The van der Waals surface area contributed by atoms with Gasteiger partial charge < -0.3 is 4.90 Å². The number of fused-ring (bicyclic) bond motifs is 1. The molecule has 1 N–H and O–H groups in total. The maximum absolute atomic E-state index is 17.2. The van der Waals surface area contributed by atoms with Gasteiger partial charge in [0.15, 0.2) is 23.3 Å². The second-order valence-electron chi connectivity index (χ2n) is 9.52. The molecule has 4 rings (SSSR count).